The van der Waals surface area contributed by atoms with Crippen LogP contribution in [0.5, 0.6) is 0 Å². The van der Waals surface area contributed by atoms with E-state index >= 15 is 0 Å². The van der Waals surface area contributed by atoms with Gasteiger partial charge in [0.15, 0.2) is 0 Å². The lowest BCUT2D eigenvalue weighted by Gasteiger charge is -2.09. The van der Waals surface area contributed by atoms with Crippen LogP contribution in [0.4, 0.5) is 5.69 Å². The van der Waals surface area contributed by atoms with Gasteiger partial charge >= 0.3 is 0 Å². The monoisotopic (exact) mass is 178 g/mol. The first-order valence-corrected chi connectivity index (χ1v) is 3.66. The van der Waals surface area contributed by atoms with E-state index in [9.17, 15) is 9.59 Å². The Bertz CT molecular complexity index is 392. The van der Waals surface area contributed by atoms with Crippen LogP contribution in [0.15, 0.2) is 28.6 Å². The molecule has 66 valence electrons. The van der Waals surface area contributed by atoms with Crippen molar-refractivity contribution in [3.05, 3.63) is 24.1 Å². The fourth-order valence-electron chi connectivity index (χ4n) is 1.14. The highest BCUT2D eigenvalue weighted by Gasteiger charge is 2.30. The quantitative estimate of drug-likeness (QED) is 0.587. The summed E-state index contributed by atoms with van der Waals surface area (Å²) >= 11 is 0. The van der Waals surface area contributed by atoms with Gasteiger partial charge in [0.1, 0.15) is 12.0 Å². The number of carbonyl (C=O) groups is 2. The third kappa shape index (κ3) is 1.05. The second kappa shape index (κ2) is 2.55. The maximum Gasteiger partial charge on any atom is 0.261 e. The van der Waals surface area contributed by atoms with Gasteiger partial charge in [0.25, 0.3) is 11.8 Å². The Morgan fingerprint density at radius 3 is 2.69 bits per heavy atom. The molecule has 0 fully saturated rings. The third-order valence-corrected chi connectivity index (χ3v) is 1.78. The first kappa shape index (κ1) is 7.72. The van der Waals surface area contributed by atoms with E-state index in [1.54, 1.807) is 6.92 Å². The van der Waals surface area contributed by atoms with Crippen molar-refractivity contribution in [3.63, 3.8) is 0 Å². The van der Waals surface area contributed by atoms with Gasteiger partial charge < -0.3 is 4.52 Å². The standard InChI is InChI=1S/C8H6N2O3/c1-5-2-7(11)10(8(5)12)6-3-9-13-4-6/h2-4H,1H3. The number of aromatic nitrogens is 1. The van der Waals surface area contributed by atoms with Gasteiger partial charge in [-0.3, -0.25) is 9.59 Å². The molecule has 13 heavy (non-hydrogen) atoms. The van der Waals surface area contributed by atoms with Crippen LogP contribution in [-0.2, 0) is 9.59 Å². The van der Waals surface area contributed by atoms with Crippen molar-refractivity contribution >= 4 is 17.5 Å². The molecule has 1 aromatic heterocycles. The Hall–Kier alpha value is -1.91. The number of anilines is 1. The van der Waals surface area contributed by atoms with Gasteiger partial charge in [-0.25, -0.2) is 4.90 Å². The molecular formula is C8H6N2O3. The van der Waals surface area contributed by atoms with Gasteiger partial charge in [-0.1, -0.05) is 5.16 Å². The van der Waals surface area contributed by atoms with Crippen molar-refractivity contribution in [1.29, 1.82) is 0 Å². The molecule has 0 saturated carbocycles. The van der Waals surface area contributed by atoms with E-state index in [4.69, 9.17) is 0 Å². The van der Waals surface area contributed by atoms with Gasteiger partial charge in [-0.05, 0) is 6.92 Å². The topological polar surface area (TPSA) is 63.4 Å². The fraction of sp³-hybridized carbons (Fsp3) is 0.125. The highest BCUT2D eigenvalue weighted by Crippen LogP contribution is 2.20. The van der Waals surface area contributed by atoms with Crippen LogP contribution >= 0.6 is 0 Å². The van der Waals surface area contributed by atoms with Crippen LogP contribution in [0.1, 0.15) is 6.92 Å². The molecule has 2 rings (SSSR count). The third-order valence-electron chi connectivity index (χ3n) is 1.78. The number of hydrogen-bond acceptors (Lipinski definition) is 4. The number of nitrogens with zero attached hydrogens (tertiary/aromatic N) is 2. The number of rotatable bonds is 1. The lowest BCUT2D eigenvalue weighted by atomic mass is 10.3. The summed E-state index contributed by atoms with van der Waals surface area (Å²) in [6, 6.07) is 0. The van der Waals surface area contributed by atoms with Crippen molar-refractivity contribution in [2.45, 2.75) is 6.92 Å². The minimum absolute atomic E-state index is 0.326. The number of carbonyl (C=O) groups excluding carboxylic acids is 2. The lowest BCUT2D eigenvalue weighted by Crippen LogP contribution is -2.30. The largest absolute Gasteiger partial charge is 0.362 e. The van der Waals surface area contributed by atoms with Crippen LogP contribution in [0.25, 0.3) is 0 Å². The zero-order chi connectivity index (χ0) is 9.42. The molecule has 0 saturated heterocycles. The summed E-state index contributed by atoms with van der Waals surface area (Å²) in [5, 5.41) is 3.42. The first-order chi connectivity index (χ1) is 6.20. The van der Waals surface area contributed by atoms with Gasteiger partial charge in [-0.2, -0.15) is 0 Å². The summed E-state index contributed by atoms with van der Waals surface area (Å²) < 4.78 is 4.54. The maximum atomic E-state index is 11.4. The molecule has 0 unspecified atom stereocenters. The van der Waals surface area contributed by atoms with Gasteiger partial charge in [0.05, 0.1) is 6.20 Å². The molecule has 0 spiro atoms. The molecular weight excluding hydrogens is 172 g/mol. The van der Waals surface area contributed by atoms with Crippen molar-refractivity contribution in [2.24, 2.45) is 0 Å². The van der Waals surface area contributed by atoms with Gasteiger partial charge in [0, 0.05) is 11.6 Å². The molecule has 0 atom stereocenters. The number of hydrogen-bond donors (Lipinski definition) is 0. The van der Waals surface area contributed by atoms with E-state index in [-0.39, 0.29) is 11.8 Å². The minimum atomic E-state index is -0.356. The Morgan fingerprint density at radius 2 is 2.23 bits per heavy atom. The molecule has 0 aliphatic carbocycles. The molecule has 0 N–H and O–H groups in total. The first-order valence-electron chi connectivity index (χ1n) is 3.66. The molecule has 5 nitrogen and oxygen atoms in total. The van der Waals surface area contributed by atoms with E-state index in [1.165, 1.54) is 18.5 Å². The molecule has 0 bridgehead atoms. The summed E-state index contributed by atoms with van der Waals surface area (Å²) in [6.45, 7) is 1.59. The molecule has 0 radical (unpaired) electrons. The summed E-state index contributed by atoms with van der Waals surface area (Å²) in [5.74, 6) is -0.682. The molecule has 0 aromatic carbocycles. The van der Waals surface area contributed by atoms with Crippen LogP contribution in [-0.4, -0.2) is 17.0 Å². The Balaban J connectivity index is 2.39. The summed E-state index contributed by atoms with van der Waals surface area (Å²) in [5.41, 5.74) is 0.786. The Morgan fingerprint density at radius 1 is 1.46 bits per heavy atom. The van der Waals surface area contributed by atoms with Gasteiger partial charge in [0.2, 0.25) is 0 Å². The highest BCUT2D eigenvalue weighted by atomic mass is 16.5. The van der Waals surface area contributed by atoms with Crippen LogP contribution < -0.4 is 4.90 Å². The number of imide groups is 1. The van der Waals surface area contributed by atoms with E-state index in [0.29, 0.717) is 11.3 Å². The molecule has 2 heterocycles. The smallest absolute Gasteiger partial charge is 0.261 e. The van der Waals surface area contributed by atoms with Crippen LogP contribution in [0, 0.1) is 0 Å². The second-order valence-electron chi connectivity index (χ2n) is 2.69. The van der Waals surface area contributed by atoms with E-state index in [0.717, 1.165) is 4.90 Å². The average molecular weight is 178 g/mol. The van der Waals surface area contributed by atoms with Crippen molar-refractivity contribution in [1.82, 2.24) is 5.16 Å². The van der Waals surface area contributed by atoms with Crippen molar-refractivity contribution < 1.29 is 14.1 Å². The van der Waals surface area contributed by atoms with Crippen LogP contribution in [0.3, 0.4) is 0 Å². The Kier molecular flexibility index (Phi) is 1.51. The normalized spacial score (nSPS) is 16.7. The highest BCUT2D eigenvalue weighted by molar-refractivity contribution is 6.30. The van der Waals surface area contributed by atoms with Crippen molar-refractivity contribution in [2.75, 3.05) is 4.90 Å². The summed E-state index contributed by atoms with van der Waals surface area (Å²) in [6.07, 6.45) is 3.86. The lowest BCUT2D eigenvalue weighted by molar-refractivity contribution is -0.120. The van der Waals surface area contributed by atoms with Gasteiger partial charge in [-0.15, -0.1) is 0 Å². The molecule has 1 aliphatic rings. The molecule has 2 amide bonds. The fourth-order valence-corrected chi connectivity index (χ4v) is 1.14. The zero-order valence-electron chi connectivity index (χ0n) is 6.85. The van der Waals surface area contributed by atoms with E-state index < -0.39 is 0 Å². The molecule has 1 aliphatic heterocycles. The average Bonchev–Trinajstić information content (AvgIpc) is 2.63. The summed E-state index contributed by atoms with van der Waals surface area (Å²) in [4.78, 5) is 23.7. The minimum Gasteiger partial charge on any atom is -0.362 e. The predicted molar refractivity (Wildman–Crippen MR) is 42.8 cm³/mol. The molecule has 1 aromatic rings. The zero-order valence-corrected chi connectivity index (χ0v) is 6.85. The second-order valence-corrected chi connectivity index (χ2v) is 2.69. The van der Waals surface area contributed by atoms with E-state index in [2.05, 4.69) is 9.68 Å². The molecule has 5 heteroatoms. The summed E-state index contributed by atoms with van der Waals surface area (Å²) in [7, 11) is 0. The Labute approximate surface area is 73.6 Å². The van der Waals surface area contributed by atoms with E-state index in [1.807, 2.05) is 0 Å². The SMILES string of the molecule is CC1=CC(=O)N(c2cnoc2)C1=O. The predicted octanol–water partition coefficient (Wildman–Crippen LogP) is 0.494. The van der Waals surface area contributed by atoms with Crippen LogP contribution in [0.2, 0.25) is 0 Å². The van der Waals surface area contributed by atoms with Crippen molar-refractivity contribution in [3.8, 4) is 0 Å². The maximum absolute atomic E-state index is 11.4. The number of amides is 2.